The number of hydrogen-bond acceptors (Lipinski definition) is 3. The summed E-state index contributed by atoms with van der Waals surface area (Å²) in [5.41, 5.74) is 1.89. The predicted molar refractivity (Wildman–Crippen MR) is 81.9 cm³/mol. The van der Waals surface area contributed by atoms with E-state index in [9.17, 15) is 13.9 Å². The molecule has 0 unspecified atom stereocenters. The number of alkyl halides is 2. The molecule has 4 nitrogen and oxygen atoms in total. The Morgan fingerprint density at radius 2 is 2.09 bits per heavy atom. The first-order valence-corrected chi connectivity index (χ1v) is 7.68. The van der Waals surface area contributed by atoms with E-state index in [1.54, 1.807) is 18.0 Å². The van der Waals surface area contributed by atoms with E-state index in [1.807, 2.05) is 30.5 Å². The molecule has 6 heteroatoms. The van der Waals surface area contributed by atoms with Gasteiger partial charge in [0, 0.05) is 25.0 Å². The highest BCUT2D eigenvalue weighted by molar-refractivity contribution is 5.27. The van der Waals surface area contributed by atoms with Gasteiger partial charge in [0.15, 0.2) is 0 Å². The van der Waals surface area contributed by atoms with Crippen molar-refractivity contribution in [1.82, 2.24) is 9.78 Å². The Kier molecular flexibility index (Phi) is 4.35. The third-order valence-corrected chi connectivity index (χ3v) is 4.38. The van der Waals surface area contributed by atoms with E-state index in [1.165, 1.54) is 0 Å². The summed E-state index contributed by atoms with van der Waals surface area (Å²) >= 11 is 0. The Morgan fingerprint density at radius 1 is 1.35 bits per heavy atom. The van der Waals surface area contributed by atoms with Gasteiger partial charge in [0.1, 0.15) is 5.75 Å². The zero-order valence-electron chi connectivity index (χ0n) is 13.0. The van der Waals surface area contributed by atoms with Crippen LogP contribution in [0.25, 0.3) is 0 Å². The second kappa shape index (κ2) is 6.28. The van der Waals surface area contributed by atoms with Crippen LogP contribution in [0.15, 0.2) is 36.7 Å². The molecule has 3 rings (SSSR count). The fourth-order valence-electron chi connectivity index (χ4n) is 3.07. The Hall–Kier alpha value is -1.95. The van der Waals surface area contributed by atoms with Crippen molar-refractivity contribution in [3.8, 4) is 5.75 Å². The lowest BCUT2D eigenvalue weighted by atomic mass is 9.81. The van der Waals surface area contributed by atoms with Crippen molar-refractivity contribution in [2.75, 3.05) is 7.11 Å². The molecule has 1 fully saturated rings. The maximum Gasteiger partial charge on any atom is 0.250 e. The summed E-state index contributed by atoms with van der Waals surface area (Å²) in [4.78, 5) is 0. The molecule has 2 aromatic rings. The van der Waals surface area contributed by atoms with Gasteiger partial charge >= 0.3 is 0 Å². The number of aliphatic hydroxyl groups is 1. The molecule has 1 saturated carbocycles. The fourth-order valence-corrected chi connectivity index (χ4v) is 3.07. The number of ether oxygens (including phenoxy) is 1. The molecule has 1 aromatic heterocycles. The zero-order chi connectivity index (χ0) is 16.4. The molecule has 1 aliphatic rings. The van der Waals surface area contributed by atoms with Crippen LogP contribution in [0.5, 0.6) is 5.75 Å². The van der Waals surface area contributed by atoms with E-state index in [0.717, 1.165) is 16.9 Å². The van der Waals surface area contributed by atoms with E-state index in [4.69, 9.17) is 4.74 Å². The van der Waals surface area contributed by atoms with Crippen LogP contribution in [0.4, 0.5) is 8.78 Å². The van der Waals surface area contributed by atoms with E-state index in [2.05, 4.69) is 5.10 Å². The number of aromatic nitrogens is 2. The number of rotatable bonds is 4. The number of benzene rings is 1. The summed E-state index contributed by atoms with van der Waals surface area (Å²) in [7, 11) is 1.62. The summed E-state index contributed by atoms with van der Waals surface area (Å²) in [5, 5.41) is 14.3. The number of hydrogen-bond donors (Lipinski definition) is 1. The highest BCUT2D eigenvalue weighted by Gasteiger charge is 2.41. The molecule has 0 radical (unpaired) electrons. The van der Waals surface area contributed by atoms with Crippen molar-refractivity contribution >= 4 is 0 Å². The van der Waals surface area contributed by atoms with Gasteiger partial charge in [0.05, 0.1) is 26.0 Å². The highest BCUT2D eigenvalue weighted by Crippen LogP contribution is 2.40. The molecule has 0 amide bonds. The largest absolute Gasteiger partial charge is 0.497 e. The lowest BCUT2D eigenvalue weighted by Gasteiger charge is -2.32. The molecule has 1 N–H and O–H groups in total. The summed E-state index contributed by atoms with van der Waals surface area (Å²) in [5.74, 6) is -2.23. The van der Waals surface area contributed by atoms with Gasteiger partial charge in [-0.1, -0.05) is 12.1 Å². The molecule has 1 heterocycles. The fraction of sp³-hybridized carbons (Fsp3) is 0.471. The molecule has 0 aliphatic heterocycles. The summed E-state index contributed by atoms with van der Waals surface area (Å²) in [6.45, 7) is 0.586. The molecule has 1 aliphatic carbocycles. The Bertz CT molecular complexity index is 655. The highest BCUT2D eigenvalue weighted by atomic mass is 19.3. The van der Waals surface area contributed by atoms with Crippen molar-refractivity contribution in [3.63, 3.8) is 0 Å². The summed E-state index contributed by atoms with van der Waals surface area (Å²) in [6.07, 6.45) is 2.11. The first-order chi connectivity index (χ1) is 11.0. The predicted octanol–water partition coefficient (Wildman–Crippen LogP) is 3.20. The normalized spacial score (nSPS) is 23.7. The van der Waals surface area contributed by atoms with Crippen molar-refractivity contribution < 1.29 is 18.6 Å². The van der Waals surface area contributed by atoms with E-state index in [0.29, 0.717) is 6.54 Å². The van der Waals surface area contributed by atoms with Gasteiger partial charge in [-0.3, -0.25) is 4.68 Å². The van der Waals surface area contributed by atoms with Gasteiger partial charge < -0.3 is 9.84 Å². The Balaban J connectivity index is 1.68. The smallest absolute Gasteiger partial charge is 0.250 e. The molecule has 0 bridgehead atoms. The third-order valence-electron chi connectivity index (χ3n) is 4.38. The van der Waals surface area contributed by atoms with Gasteiger partial charge in [-0.25, -0.2) is 8.78 Å². The first-order valence-electron chi connectivity index (χ1n) is 7.68. The average Bonchev–Trinajstić information content (AvgIpc) is 2.95. The molecule has 0 spiro atoms. The van der Waals surface area contributed by atoms with Crippen LogP contribution >= 0.6 is 0 Å². The van der Waals surface area contributed by atoms with Crippen molar-refractivity contribution in [3.05, 3.63) is 47.8 Å². The minimum atomic E-state index is -2.75. The first kappa shape index (κ1) is 15.9. The van der Waals surface area contributed by atoms with Crippen LogP contribution in [0, 0.1) is 0 Å². The molecular weight excluding hydrogens is 302 g/mol. The lowest BCUT2D eigenvalue weighted by Crippen LogP contribution is -2.34. The van der Waals surface area contributed by atoms with E-state index >= 15 is 0 Å². The number of nitrogens with zero attached hydrogens (tertiary/aromatic N) is 2. The van der Waals surface area contributed by atoms with Crippen LogP contribution in [0.2, 0.25) is 0 Å². The van der Waals surface area contributed by atoms with Crippen molar-refractivity contribution in [2.24, 2.45) is 0 Å². The van der Waals surface area contributed by atoms with Crippen LogP contribution < -0.4 is 4.74 Å². The lowest BCUT2D eigenvalue weighted by molar-refractivity contribution is -0.0839. The van der Waals surface area contributed by atoms with Gasteiger partial charge in [-0.05, 0) is 29.7 Å². The molecule has 2 atom stereocenters. The van der Waals surface area contributed by atoms with Crippen LogP contribution in [0.3, 0.4) is 0 Å². The molecule has 23 heavy (non-hydrogen) atoms. The van der Waals surface area contributed by atoms with Crippen molar-refractivity contribution in [1.29, 1.82) is 0 Å². The maximum absolute atomic E-state index is 13.3. The van der Waals surface area contributed by atoms with Gasteiger partial charge in [0.2, 0.25) is 0 Å². The topological polar surface area (TPSA) is 47.3 Å². The van der Waals surface area contributed by atoms with Gasteiger partial charge in [-0.2, -0.15) is 5.10 Å². The van der Waals surface area contributed by atoms with Gasteiger partial charge in [-0.15, -0.1) is 0 Å². The van der Waals surface area contributed by atoms with Crippen LogP contribution in [-0.2, 0) is 6.54 Å². The summed E-state index contributed by atoms with van der Waals surface area (Å²) in [6, 6.07) is 7.67. The minimum Gasteiger partial charge on any atom is -0.497 e. The number of halogens is 2. The minimum absolute atomic E-state index is 0.182. The molecule has 0 saturated heterocycles. The molecular formula is C17H20F2N2O2. The standard InChI is InChI=1S/C17H20F2N2O2/c1-23-14-4-2-12(3-5-14)10-21-11-13(9-20-21)15-6-7-17(18,19)8-16(15)22/h2-5,9,11,15-16,22H,6-8,10H2,1H3/t15-,16+/m0/s1. The third kappa shape index (κ3) is 3.69. The monoisotopic (exact) mass is 322 g/mol. The summed E-state index contributed by atoms with van der Waals surface area (Å²) < 4.78 is 33.5. The van der Waals surface area contributed by atoms with E-state index < -0.39 is 18.4 Å². The SMILES string of the molecule is COc1ccc(Cn2cc([C@@H]3CCC(F)(F)C[C@H]3O)cn2)cc1. The zero-order valence-corrected chi connectivity index (χ0v) is 13.0. The number of methoxy groups -OCH3 is 1. The quantitative estimate of drug-likeness (QED) is 0.940. The second-order valence-electron chi connectivity index (χ2n) is 6.09. The maximum atomic E-state index is 13.3. The molecule has 124 valence electrons. The van der Waals surface area contributed by atoms with E-state index in [-0.39, 0.29) is 18.8 Å². The number of aliphatic hydroxyl groups excluding tert-OH is 1. The Labute approximate surface area is 133 Å². The second-order valence-corrected chi connectivity index (χ2v) is 6.09. The van der Waals surface area contributed by atoms with Gasteiger partial charge in [0.25, 0.3) is 5.92 Å². The van der Waals surface area contributed by atoms with Crippen LogP contribution in [-0.4, -0.2) is 34.0 Å². The van der Waals surface area contributed by atoms with Crippen LogP contribution in [0.1, 0.15) is 36.3 Å². The van der Waals surface area contributed by atoms with Crippen molar-refractivity contribution in [2.45, 2.75) is 43.8 Å². The Morgan fingerprint density at radius 3 is 2.74 bits per heavy atom. The average molecular weight is 322 g/mol. The molecule has 1 aromatic carbocycles.